The molecule has 1 heterocycles. The third-order valence-corrected chi connectivity index (χ3v) is 6.52. The maximum atomic E-state index is 12.4. The van der Waals surface area contributed by atoms with Crippen molar-refractivity contribution in [3.05, 3.63) is 81.8 Å². The van der Waals surface area contributed by atoms with Gasteiger partial charge in [0.05, 0.1) is 24.4 Å². The standard InChI is InChI=1S/C25H20Cl2N2O4S/c1-31-16-8-9-20-23(13-16)34-25(28-20)29-24(30)11-7-15-6-10-21(22(12-15)32-2)33-14-17-18(26)4-3-5-19(17)27/h3-13H,14H2,1-2H3,(H,28,29,30)/b11-7+. The molecular weight excluding hydrogens is 495 g/mol. The van der Waals surface area contributed by atoms with Gasteiger partial charge in [-0.05, 0) is 54.1 Å². The Balaban J connectivity index is 1.42. The molecule has 0 saturated heterocycles. The number of benzene rings is 3. The summed E-state index contributed by atoms with van der Waals surface area (Å²) in [7, 11) is 3.16. The van der Waals surface area contributed by atoms with E-state index in [-0.39, 0.29) is 12.5 Å². The van der Waals surface area contributed by atoms with Crippen molar-refractivity contribution in [2.24, 2.45) is 0 Å². The van der Waals surface area contributed by atoms with E-state index in [0.29, 0.717) is 32.2 Å². The molecular formula is C25H20Cl2N2O4S. The van der Waals surface area contributed by atoms with Gasteiger partial charge in [-0.2, -0.15) is 0 Å². The third kappa shape index (κ3) is 5.62. The van der Waals surface area contributed by atoms with Gasteiger partial charge in [0.15, 0.2) is 16.6 Å². The van der Waals surface area contributed by atoms with Crippen molar-refractivity contribution in [2.75, 3.05) is 19.5 Å². The van der Waals surface area contributed by atoms with Gasteiger partial charge in [-0.15, -0.1) is 0 Å². The van der Waals surface area contributed by atoms with Crippen LogP contribution in [0, 0.1) is 0 Å². The fourth-order valence-electron chi connectivity index (χ4n) is 3.13. The second-order valence-corrected chi connectivity index (χ2v) is 8.92. The Morgan fingerprint density at radius 3 is 2.56 bits per heavy atom. The van der Waals surface area contributed by atoms with Gasteiger partial charge in [-0.1, -0.05) is 46.7 Å². The number of methoxy groups -OCH3 is 2. The van der Waals surface area contributed by atoms with Crippen LogP contribution in [0.15, 0.2) is 60.7 Å². The van der Waals surface area contributed by atoms with Gasteiger partial charge in [-0.25, -0.2) is 4.98 Å². The number of ether oxygens (including phenoxy) is 3. The number of rotatable bonds is 8. The highest BCUT2D eigenvalue weighted by molar-refractivity contribution is 7.22. The van der Waals surface area contributed by atoms with Crippen LogP contribution < -0.4 is 19.5 Å². The monoisotopic (exact) mass is 514 g/mol. The summed E-state index contributed by atoms with van der Waals surface area (Å²) >= 11 is 13.8. The Morgan fingerprint density at radius 2 is 1.82 bits per heavy atom. The van der Waals surface area contributed by atoms with Gasteiger partial charge in [0, 0.05) is 21.7 Å². The highest BCUT2D eigenvalue weighted by Gasteiger charge is 2.10. The average molecular weight is 515 g/mol. The molecule has 4 aromatic rings. The van der Waals surface area contributed by atoms with E-state index < -0.39 is 0 Å². The summed E-state index contributed by atoms with van der Waals surface area (Å²) in [6.45, 7) is 0.195. The van der Waals surface area contributed by atoms with Crippen LogP contribution in [0.4, 0.5) is 5.13 Å². The zero-order valence-corrected chi connectivity index (χ0v) is 20.6. The second kappa shape index (κ2) is 10.8. The van der Waals surface area contributed by atoms with E-state index in [9.17, 15) is 4.79 Å². The number of nitrogens with one attached hydrogen (secondary N) is 1. The fourth-order valence-corrected chi connectivity index (χ4v) is 4.54. The Labute approximate surface area is 210 Å². The molecule has 0 saturated carbocycles. The van der Waals surface area contributed by atoms with E-state index in [1.54, 1.807) is 50.6 Å². The predicted molar refractivity (Wildman–Crippen MR) is 138 cm³/mol. The quantitative estimate of drug-likeness (QED) is 0.260. The second-order valence-electron chi connectivity index (χ2n) is 7.07. The molecule has 9 heteroatoms. The van der Waals surface area contributed by atoms with Crippen LogP contribution in [0.25, 0.3) is 16.3 Å². The molecule has 0 aliphatic rings. The summed E-state index contributed by atoms with van der Waals surface area (Å²) in [4.78, 5) is 16.8. The molecule has 4 rings (SSSR count). The van der Waals surface area contributed by atoms with Crippen molar-refractivity contribution in [1.82, 2.24) is 4.98 Å². The summed E-state index contributed by atoms with van der Waals surface area (Å²) in [5, 5.41) is 4.36. The number of thiazole rings is 1. The first-order valence-corrected chi connectivity index (χ1v) is 11.7. The highest BCUT2D eigenvalue weighted by Crippen LogP contribution is 2.32. The number of carbonyl (C=O) groups excluding carboxylic acids is 1. The molecule has 0 bridgehead atoms. The van der Waals surface area contributed by atoms with Gasteiger partial charge in [0.2, 0.25) is 5.91 Å². The van der Waals surface area contributed by atoms with Crippen LogP contribution in [0.2, 0.25) is 10.0 Å². The van der Waals surface area contributed by atoms with Crippen LogP contribution in [0.1, 0.15) is 11.1 Å². The lowest BCUT2D eigenvalue weighted by molar-refractivity contribution is -0.111. The molecule has 1 amide bonds. The number of nitrogens with zero attached hydrogens (tertiary/aromatic N) is 1. The first-order valence-electron chi connectivity index (χ1n) is 10.1. The van der Waals surface area contributed by atoms with Crippen molar-refractivity contribution in [3.8, 4) is 17.2 Å². The van der Waals surface area contributed by atoms with Crippen LogP contribution in [-0.2, 0) is 11.4 Å². The Bertz CT molecular complexity index is 1350. The molecule has 1 N–H and O–H groups in total. The number of hydrogen-bond donors (Lipinski definition) is 1. The molecule has 0 radical (unpaired) electrons. The van der Waals surface area contributed by atoms with Gasteiger partial charge in [0.25, 0.3) is 0 Å². The van der Waals surface area contributed by atoms with Crippen LogP contribution in [0.3, 0.4) is 0 Å². The SMILES string of the molecule is COc1ccc2nc(NC(=O)/C=C/c3ccc(OCc4c(Cl)cccc4Cl)c(OC)c3)sc2c1. The van der Waals surface area contributed by atoms with E-state index in [4.69, 9.17) is 37.4 Å². The minimum Gasteiger partial charge on any atom is -0.497 e. The summed E-state index contributed by atoms with van der Waals surface area (Å²) in [5.74, 6) is 1.50. The number of anilines is 1. The Hall–Kier alpha value is -3.26. The van der Waals surface area contributed by atoms with Crippen molar-refractivity contribution < 1.29 is 19.0 Å². The zero-order valence-electron chi connectivity index (χ0n) is 18.3. The maximum Gasteiger partial charge on any atom is 0.250 e. The van der Waals surface area contributed by atoms with Crippen molar-refractivity contribution >= 4 is 61.9 Å². The van der Waals surface area contributed by atoms with Crippen LogP contribution in [0.5, 0.6) is 17.2 Å². The minimum atomic E-state index is -0.293. The van der Waals surface area contributed by atoms with Gasteiger partial charge >= 0.3 is 0 Å². The molecule has 0 unspecified atom stereocenters. The number of amides is 1. The number of hydrogen-bond acceptors (Lipinski definition) is 6. The van der Waals surface area contributed by atoms with Crippen molar-refractivity contribution in [1.29, 1.82) is 0 Å². The molecule has 0 atom stereocenters. The Morgan fingerprint density at radius 1 is 1.03 bits per heavy atom. The maximum absolute atomic E-state index is 12.4. The smallest absolute Gasteiger partial charge is 0.250 e. The van der Waals surface area contributed by atoms with Crippen molar-refractivity contribution in [3.63, 3.8) is 0 Å². The minimum absolute atomic E-state index is 0.195. The van der Waals surface area contributed by atoms with Gasteiger partial charge < -0.3 is 14.2 Å². The zero-order chi connectivity index (χ0) is 24.1. The molecule has 0 spiro atoms. The largest absolute Gasteiger partial charge is 0.497 e. The highest BCUT2D eigenvalue weighted by atomic mass is 35.5. The van der Waals surface area contributed by atoms with E-state index in [2.05, 4.69) is 10.3 Å². The molecule has 0 aliphatic heterocycles. The molecule has 1 aromatic heterocycles. The lowest BCUT2D eigenvalue weighted by Crippen LogP contribution is -2.07. The van der Waals surface area contributed by atoms with E-state index in [1.807, 2.05) is 24.3 Å². The lowest BCUT2D eigenvalue weighted by atomic mass is 10.2. The first kappa shape index (κ1) is 23.9. The van der Waals surface area contributed by atoms with Gasteiger partial charge in [0.1, 0.15) is 12.4 Å². The number of carbonyl (C=O) groups is 1. The molecule has 0 aliphatic carbocycles. The molecule has 6 nitrogen and oxygen atoms in total. The molecule has 3 aromatic carbocycles. The fraction of sp³-hybridized carbons (Fsp3) is 0.120. The number of aromatic nitrogens is 1. The summed E-state index contributed by atoms with van der Waals surface area (Å²) in [5.41, 5.74) is 2.26. The summed E-state index contributed by atoms with van der Waals surface area (Å²) in [6.07, 6.45) is 3.12. The Kier molecular flexibility index (Phi) is 7.57. The van der Waals surface area contributed by atoms with E-state index in [0.717, 1.165) is 21.5 Å². The summed E-state index contributed by atoms with van der Waals surface area (Å²) < 4.78 is 17.5. The van der Waals surface area contributed by atoms with Crippen LogP contribution in [-0.4, -0.2) is 25.1 Å². The van der Waals surface area contributed by atoms with Crippen LogP contribution >= 0.6 is 34.5 Å². The van der Waals surface area contributed by atoms with E-state index >= 15 is 0 Å². The average Bonchev–Trinajstić information content (AvgIpc) is 3.24. The normalized spacial score (nSPS) is 11.1. The topological polar surface area (TPSA) is 69.7 Å². The van der Waals surface area contributed by atoms with Gasteiger partial charge in [-0.3, -0.25) is 10.1 Å². The predicted octanol–water partition coefficient (Wildman–Crippen LogP) is 6.85. The van der Waals surface area contributed by atoms with Crippen molar-refractivity contribution in [2.45, 2.75) is 6.61 Å². The van der Waals surface area contributed by atoms with E-state index in [1.165, 1.54) is 17.4 Å². The number of halogens is 2. The third-order valence-electron chi connectivity index (χ3n) is 4.87. The molecule has 0 fully saturated rings. The lowest BCUT2D eigenvalue weighted by Gasteiger charge is -2.13. The molecule has 174 valence electrons. The number of fused-ring (bicyclic) bond motifs is 1. The first-order chi connectivity index (χ1) is 16.5. The molecule has 34 heavy (non-hydrogen) atoms. The summed E-state index contributed by atoms with van der Waals surface area (Å²) in [6, 6.07) is 16.2.